The summed E-state index contributed by atoms with van der Waals surface area (Å²) in [7, 11) is 1.61. The summed E-state index contributed by atoms with van der Waals surface area (Å²) >= 11 is -2.29. The van der Waals surface area contributed by atoms with Crippen molar-refractivity contribution in [2.75, 3.05) is 20.2 Å². The molecule has 1 aliphatic rings. The SMILES string of the molecule is [C-]#[N+]c1c(C(=O)OC2C(C)CC(C)CC2C)c2[nH]c(-c3ccc(OC)c(C)c3)nn2[c]1[Co](=[O])[N](CC=C)CC=C. The molecule has 0 saturated heterocycles. The van der Waals surface area contributed by atoms with E-state index in [1.807, 2.05) is 25.1 Å². The van der Waals surface area contributed by atoms with E-state index in [2.05, 4.69) is 43.8 Å². The molecule has 215 valence electrons. The first kappa shape index (κ1) is 29.5. The molecule has 3 aromatic rings. The Morgan fingerprint density at radius 1 is 1.25 bits per heavy atom. The number of nitrogens with one attached hydrogen (secondary N) is 1. The van der Waals surface area contributed by atoms with E-state index in [4.69, 9.17) is 21.1 Å². The van der Waals surface area contributed by atoms with Gasteiger partial charge in [-0.3, -0.25) is 0 Å². The van der Waals surface area contributed by atoms with Crippen molar-refractivity contribution in [1.82, 2.24) is 18.5 Å². The Morgan fingerprint density at radius 2 is 1.90 bits per heavy atom. The molecule has 0 radical (unpaired) electrons. The topological polar surface area (TPSA) is 93.3 Å². The van der Waals surface area contributed by atoms with Gasteiger partial charge in [0.05, 0.1) is 0 Å². The van der Waals surface area contributed by atoms with Crippen LogP contribution in [-0.2, 0) is 22.4 Å². The Bertz CT molecular complexity index is 1480. The van der Waals surface area contributed by atoms with E-state index in [1.165, 1.54) is 4.52 Å². The number of ether oxygens (including phenoxy) is 2. The fraction of sp³-hybridized carbons (Fsp3) is 0.433. The molecule has 4 rings (SSSR count). The molecular weight excluding hydrogens is 553 g/mol. The van der Waals surface area contributed by atoms with Crippen LogP contribution in [0.1, 0.15) is 49.5 Å². The number of aryl methyl sites for hydroxylation is 1. The number of methoxy groups -OCH3 is 1. The molecule has 2 atom stereocenters. The van der Waals surface area contributed by atoms with Crippen molar-refractivity contribution in [3.05, 3.63) is 66.1 Å². The van der Waals surface area contributed by atoms with Crippen LogP contribution in [-0.4, -0.2) is 50.8 Å². The maximum atomic E-state index is 14.0. The zero-order valence-electron chi connectivity index (χ0n) is 23.7. The first-order valence-corrected chi connectivity index (χ1v) is 14.7. The van der Waals surface area contributed by atoms with E-state index >= 15 is 0 Å². The zero-order valence-corrected chi connectivity index (χ0v) is 24.7. The van der Waals surface area contributed by atoms with Gasteiger partial charge in [0.1, 0.15) is 0 Å². The molecule has 0 amide bonds. The molecule has 1 N–H and O–H groups in total. The van der Waals surface area contributed by atoms with Crippen molar-refractivity contribution < 1.29 is 31.9 Å². The standard InChI is InChI=1S/C24H27N4O3.C6H10N.Co.O/c1-13-9-15(3)21(16(4)10-13)31-24(29)20-18(25-5)12-28-23(20)26-22(27-28)17-7-8-19(30-6)14(2)11-17;1-3-5-7-6-4-2;;/h7-8,11,13,15-16,21H,9-10H2,1-4,6H3,(H,26,27);3-4H,1-2,5-6H2;;/q;-1;+1;. The minimum absolute atomic E-state index is 0.0242. The van der Waals surface area contributed by atoms with Gasteiger partial charge < -0.3 is 0 Å². The van der Waals surface area contributed by atoms with Crippen LogP contribution in [0.25, 0.3) is 21.9 Å². The van der Waals surface area contributed by atoms with Gasteiger partial charge in [0.25, 0.3) is 0 Å². The van der Waals surface area contributed by atoms with Crippen molar-refractivity contribution in [2.45, 2.75) is 46.6 Å². The first-order chi connectivity index (χ1) is 19.1. The second-order valence-electron chi connectivity index (χ2n) is 10.5. The summed E-state index contributed by atoms with van der Waals surface area (Å²) in [4.78, 5) is 20.8. The van der Waals surface area contributed by atoms with Crippen LogP contribution in [0.4, 0.5) is 5.69 Å². The fourth-order valence-electron chi connectivity index (χ4n) is 5.69. The van der Waals surface area contributed by atoms with Gasteiger partial charge in [0.15, 0.2) is 0 Å². The van der Waals surface area contributed by atoms with Crippen molar-refractivity contribution in [1.29, 1.82) is 0 Å². The van der Waals surface area contributed by atoms with E-state index < -0.39 is 19.8 Å². The molecule has 1 aliphatic carbocycles. The van der Waals surface area contributed by atoms with Gasteiger partial charge in [-0.2, -0.15) is 0 Å². The summed E-state index contributed by atoms with van der Waals surface area (Å²) in [6, 6.07) is 5.61. The molecule has 2 unspecified atom stereocenters. The molecule has 9 nitrogen and oxygen atoms in total. The number of esters is 1. The number of nitrogens with zero attached hydrogens (tertiary/aromatic N) is 4. The number of aromatic amines is 1. The van der Waals surface area contributed by atoms with Gasteiger partial charge in [-0.1, -0.05) is 0 Å². The number of hydrogen-bond acceptors (Lipinski definition) is 5. The van der Waals surface area contributed by atoms with Crippen LogP contribution in [0.2, 0.25) is 0 Å². The predicted octanol–water partition coefficient (Wildman–Crippen LogP) is 5.60. The molecular formula is C30H37CoN5O4. The molecule has 0 spiro atoms. The summed E-state index contributed by atoms with van der Waals surface area (Å²) in [5.74, 6) is 1.50. The second kappa shape index (κ2) is 12.3. The summed E-state index contributed by atoms with van der Waals surface area (Å²) in [6.07, 6.45) is 4.92. The third-order valence-corrected chi connectivity index (χ3v) is 9.21. The molecule has 1 aromatic carbocycles. The molecule has 10 heteroatoms. The van der Waals surface area contributed by atoms with Gasteiger partial charge in [0.2, 0.25) is 0 Å². The summed E-state index contributed by atoms with van der Waals surface area (Å²) in [5, 5.41) is 4.71. The summed E-state index contributed by atoms with van der Waals surface area (Å²) in [6.45, 7) is 24.5. The zero-order chi connectivity index (χ0) is 29.1. The first-order valence-electron chi connectivity index (χ1n) is 13.3. The van der Waals surface area contributed by atoms with Gasteiger partial charge in [-0.15, -0.1) is 0 Å². The quantitative estimate of drug-likeness (QED) is 0.188. The number of aromatic nitrogens is 3. The molecule has 40 heavy (non-hydrogen) atoms. The number of rotatable bonds is 10. The number of carbonyl (C=O) groups excluding carboxylic acids is 1. The minimum atomic E-state index is -2.29. The van der Waals surface area contributed by atoms with Crippen LogP contribution in [0.3, 0.4) is 0 Å². The third kappa shape index (κ3) is 5.54. The van der Waals surface area contributed by atoms with Gasteiger partial charge >= 0.3 is 240 Å². The van der Waals surface area contributed by atoms with E-state index in [0.717, 1.165) is 29.7 Å². The Kier molecular flexibility index (Phi) is 9.08. The Morgan fingerprint density at radius 3 is 2.45 bits per heavy atom. The van der Waals surface area contributed by atoms with E-state index in [9.17, 15) is 8.66 Å². The number of H-pyrrole nitrogens is 1. The average molecular weight is 591 g/mol. The van der Waals surface area contributed by atoms with Crippen molar-refractivity contribution in [3.63, 3.8) is 0 Å². The molecule has 1 fully saturated rings. The van der Waals surface area contributed by atoms with Crippen molar-refractivity contribution in [2.24, 2.45) is 17.8 Å². The number of carbonyl (C=O) groups is 1. The van der Waals surface area contributed by atoms with Gasteiger partial charge in [-0.05, 0) is 0 Å². The van der Waals surface area contributed by atoms with Crippen molar-refractivity contribution in [3.8, 4) is 17.1 Å². The molecule has 2 heterocycles. The van der Waals surface area contributed by atoms with Crippen LogP contribution in [0.15, 0.2) is 43.5 Å². The third-order valence-electron chi connectivity index (χ3n) is 7.35. The monoisotopic (exact) mass is 590 g/mol. The van der Waals surface area contributed by atoms with E-state index in [0.29, 0.717) is 24.8 Å². The summed E-state index contributed by atoms with van der Waals surface area (Å²) < 4.78 is 28.7. The Hall–Kier alpha value is -3.52. The number of benzene rings is 1. The Labute approximate surface area is 239 Å². The number of hydrogen-bond donors (Lipinski definition) is 1. The molecule has 2 aromatic heterocycles. The van der Waals surface area contributed by atoms with Crippen LogP contribution in [0.5, 0.6) is 5.75 Å². The maximum absolute atomic E-state index is 14.0. The predicted molar refractivity (Wildman–Crippen MR) is 151 cm³/mol. The summed E-state index contributed by atoms with van der Waals surface area (Å²) in [5.41, 5.74) is 1.96. The van der Waals surface area contributed by atoms with Crippen LogP contribution in [0, 0.1) is 31.2 Å². The van der Waals surface area contributed by atoms with E-state index in [1.54, 1.807) is 23.2 Å². The molecule has 1 saturated carbocycles. The normalized spacial score (nSPS) is 21.2. The van der Waals surface area contributed by atoms with E-state index in [-0.39, 0.29) is 39.5 Å². The average Bonchev–Trinajstić information content (AvgIpc) is 3.46. The number of fused-ring (bicyclic) bond motifs is 1. The van der Waals surface area contributed by atoms with Gasteiger partial charge in [-0.25, -0.2) is 0 Å². The molecule has 0 aliphatic heterocycles. The fourth-order valence-corrected chi connectivity index (χ4v) is 7.38. The van der Waals surface area contributed by atoms with Crippen molar-refractivity contribution >= 4 is 21.9 Å². The van der Waals surface area contributed by atoms with Crippen LogP contribution < -0.4 is 9.37 Å². The van der Waals surface area contributed by atoms with Crippen LogP contribution >= 0.6 is 0 Å². The van der Waals surface area contributed by atoms with Gasteiger partial charge in [0, 0.05) is 0 Å². The molecule has 0 bridgehead atoms. The Balaban J connectivity index is 1.88. The second-order valence-corrected chi connectivity index (χ2v) is 12.3.